The molecule has 0 aliphatic carbocycles. The van der Waals surface area contributed by atoms with Gasteiger partial charge in [-0.15, -0.1) is 5.10 Å². The summed E-state index contributed by atoms with van der Waals surface area (Å²) in [5.41, 5.74) is 2.15. The fourth-order valence-electron chi connectivity index (χ4n) is 2.06. The Kier molecular flexibility index (Phi) is 2.83. The second-order valence-corrected chi connectivity index (χ2v) is 4.20. The molecule has 0 bridgehead atoms. The number of hydrogen-bond donors (Lipinski definition) is 1. The van der Waals surface area contributed by atoms with Gasteiger partial charge >= 0.3 is 5.97 Å². The Morgan fingerprint density at radius 1 is 1.30 bits per heavy atom. The van der Waals surface area contributed by atoms with Crippen LogP contribution in [0.2, 0.25) is 0 Å². The Morgan fingerprint density at radius 2 is 2.10 bits per heavy atom. The van der Waals surface area contributed by atoms with Gasteiger partial charge in [-0.3, -0.25) is 0 Å². The summed E-state index contributed by atoms with van der Waals surface area (Å²) in [6.45, 7) is 0. The number of fused-ring (bicyclic) bond motifs is 3. The molecule has 2 heterocycles. The lowest BCUT2D eigenvalue weighted by atomic mass is 10.2. The highest BCUT2D eigenvalue weighted by Crippen LogP contribution is 2.23. The zero-order valence-corrected chi connectivity index (χ0v) is 10.6. The van der Waals surface area contributed by atoms with Crippen LogP contribution in [0.5, 0.6) is 5.75 Å². The molecule has 6 nitrogen and oxygen atoms in total. The van der Waals surface area contributed by atoms with E-state index in [1.165, 1.54) is 6.08 Å². The van der Waals surface area contributed by atoms with E-state index in [1.54, 1.807) is 11.6 Å². The molecule has 2 aromatic heterocycles. The van der Waals surface area contributed by atoms with Crippen LogP contribution in [0.3, 0.4) is 0 Å². The number of nitrogens with zero attached hydrogens (tertiary/aromatic N) is 3. The highest BCUT2D eigenvalue weighted by Gasteiger charge is 2.07. The van der Waals surface area contributed by atoms with E-state index in [1.807, 2.05) is 30.3 Å². The Bertz CT molecular complexity index is 836. The molecule has 0 atom stereocenters. The number of aromatic nitrogens is 3. The Balaban J connectivity index is 2.21. The van der Waals surface area contributed by atoms with Crippen molar-refractivity contribution >= 4 is 28.5 Å². The van der Waals surface area contributed by atoms with E-state index in [9.17, 15) is 4.79 Å². The minimum Gasteiger partial charge on any atom is -0.497 e. The lowest BCUT2D eigenvalue weighted by Gasteiger charge is -2.03. The van der Waals surface area contributed by atoms with E-state index in [0.29, 0.717) is 5.69 Å². The van der Waals surface area contributed by atoms with Gasteiger partial charge in [-0.2, -0.15) is 0 Å². The molecule has 0 aliphatic rings. The summed E-state index contributed by atoms with van der Waals surface area (Å²) in [5.74, 6) is -0.250. The van der Waals surface area contributed by atoms with Gasteiger partial charge in [0.15, 0.2) is 0 Å². The zero-order valence-electron chi connectivity index (χ0n) is 10.6. The average molecular weight is 269 g/mol. The summed E-state index contributed by atoms with van der Waals surface area (Å²) < 4.78 is 6.86. The number of methoxy groups -OCH3 is 1. The van der Waals surface area contributed by atoms with Gasteiger partial charge in [0.05, 0.1) is 18.1 Å². The number of rotatable bonds is 3. The predicted molar refractivity (Wildman–Crippen MR) is 73.7 cm³/mol. The quantitative estimate of drug-likeness (QED) is 0.736. The van der Waals surface area contributed by atoms with E-state index in [4.69, 9.17) is 9.84 Å². The second kappa shape index (κ2) is 4.65. The number of benzene rings is 1. The van der Waals surface area contributed by atoms with E-state index < -0.39 is 5.97 Å². The maximum absolute atomic E-state index is 10.6. The van der Waals surface area contributed by atoms with Crippen molar-refractivity contribution < 1.29 is 14.6 Å². The van der Waals surface area contributed by atoms with Gasteiger partial charge < -0.3 is 9.84 Å². The summed E-state index contributed by atoms with van der Waals surface area (Å²) in [6, 6.07) is 9.41. The largest absolute Gasteiger partial charge is 0.497 e. The van der Waals surface area contributed by atoms with Gasteiger partial charge in [0.25, 0.3) is 0 Å². The standard InChI is InChI=1S/C14H11N3O3/c1-20-10-3-6-12-9(8-10)2-5-13-11(4-7-14(18)19)15-16-17(12)13/h2-8H,1H3,(H,18,19)/b7-4+. The molecular weight excluding hydrogens is 258 g/mol. The fraction of sp³-hybridized carbons (Fsp3) is 0.0714. The van der Waals surface area contributed by atoms with Crippen LogP contribution in [-0.2, 0) is 4.79 Å². The van der Waals surface area contributed by atoms with Crippen LogP contribution >= 0.6 is 0 Å². The van der Waals surface area contributed by atoms with Crippen LogP contribution in [0.1, 0.15) is 5.69 Å². The third kappa shape index (κ3) is 1.97. The first kappa shape index (κ1) is 12.2. The molecule has 0 unspecified atom stereocenters. The molecule has 1 N–H and O–H groups in total. The highest BCUT2D eigenvalue weighted by molar-refractivity contribution is 5.89. The van der Waals surface area contributed by atoms with Crippen molar-refractivity contribution in [3.8, 4) is 5.75 Å². The van der Waals surface area contributed by atoms with Crippen molar-refractivity contribution in [2.24, 2.45) is 0 Å². The zero-order chi connectivity index (χ0) is 14.1. The van der Waals surface area contributed by atoms with Crippen molar-refractivity contribution in [1.82, 2.24) is 14.8 Å². The van der Waals surface area contributed by atoms with Crippen molar-refractivity contribution in [2.45, 2.75) is 0 Å². The average Bonchev–Trinajstić information content (AvgIpc) is 2.87. The number of pyridine rings is 1. The topological polar surface area (TPSA) is 76.7 Å². The summed E-state index contributed by atoms with van der Waals surface area (Å²) >= 11 is 0. The Labute approximate surface area is 113 Å². The molecule has 0 saturated heterocycles. The van der Waals surface area contributed by atoms with E-state index in [0.717, 1.165) is 28.2 Å². The van der Waals surface area contributed by atoms with Gasteiger partial charge in [0.1, 0.15) is 11.4 Å². The molecule has 0 saturated carbocycles. The number of ether oxygens (including phenoxy) is 1. The minimum absolute atomic E-state index is 0.519. The normalized spacial score (nSPS) is 11.4. The third-order valence-electron chi connectivity index (χ3n) is 3.00. The lowest BCUT2D eigenvalue weighted by Crippen LogP contribution is -1.91. The van der Waals surface area contributed by atoms with Gasteiger partial charge in [-0.05, 0) is 30.3 Å². The van der Waals surface area contributed by atoms with Gasteiger partial charge in [0, 0.05) is 11.5 Å². The SMILES string of the molecule is COc1ccc2c(ccc3c(/C=C/C(=O)O)nnn32)c1. The highest BCUT2D eigenvalue weighted by atomic mass is 16.5. The molecule has 20 heavy (non-hydrogen) atoms. The number of carbonyl (C=O) groups is 1. The minimum atomic E-state index is -1.02. The second-order valence-electron chi connectivity index (χ2n) is 4.20. The molecule has 6 heteroatoms. The van der Waals surface area contributed by atoms with Crippen molar-refractivity contribution in [3.05, 3.63) is 42.1 Å². The molecule has 0 fully saturated rings. The van der Waals surface area contributed by atoms with Crippen LogP contribution in [0.15, 0.2) is 36.4 Å². The first-order valence-corrected chi connectivity index (χ1v) is 5.92. The van der Waals surface area contributed by atoms with E-state index in [2.05, 4.69) is 10.3 Å². The molecule has 0 spiro atoms. The van der Waals surface area contributed by atoms with Crippen LogP contribution < -0.4 is 4.74 Å². The molecule has 0 amide bonds. The van der Waals surface area contributed by atoms with Crippen LogP contribution in [0.25, 0.3) is 22.5 Å². The fourth-order valence-corrected chi connectivity index (χ4v) is 2.06. The van der Waals surface area contributed by atoms with E-state index in [-0.39, 0.29) is 0 Å². The van der Waals surface area contributed by atoms with Crippen molar-refractivity contribution in [2.75, 3.05) is 7.11 Å². The molecule has 3 aromatic rings. The molecule has 0 radical (unpaired) electrons. The predicted octanol–water partition coefficient (Wildman–Crippen LogP) is 1.99. The first-order chi connectivity index (χ1) is 9.69. The summed E-state index contributed by atoms with van der Waals surface area (Å²) in [6.07, 6.45) is 2.47. The number of carboxylic acids is 1. The number of carboxylic acid groups (broad SMARTS) is 1. The van der Waals surface area contributed by atoms with Gasteiger partial charge in [0.2, 0.25) is 0 Å². The van der Waals surface area contributed by atoms with E-state index >= 15 is 0 Å². The number of aliphatic carboxylic acids is 1. The maximum atomic E-state index is 10.6. The third-order valence-corrected chi connectivity index (χ3v) is 3.00. The summed E-state index contributed by atoms with van der Waals surface area (Å²) in [7, 11) is 1.62. The van der Waals surface area contributed by atoms with Crippen LogP contribution in [0.4, 0.5) is 0 Å². The van der Waals surface area contributed by atoms with Crippen LogP contribution in [0, 0.1) is 0 Å². The Hall–Kier alpha value is -2.89. The lowest BCUT2D eigenvalue weighted by molar-refractivity contribution is -0.131. The Morgan fingerprint density at radius 3 is 2.85 bits per heavy atom. The molecular formula is C14H11N3O3. The van der Waals surface area contributed by atoms with Crippen molar-refractivity contribution in [1.29, 1.82) is 0 Å². The summed E-state index contributed by atoms with van der Waals surface area (Å²) in [5, 5.41) is 17.7. The van der Waals surface area contributed by atoms with Crippen LogP contribution in [-0.4, -0.2) is 33.0 Å². The number of hydrogen-bond acceptors (Lipinski definition) is 4. The maximum Gasteiger partial charge on any atom is 0.328 e. The van der Waals surface area contributed by atoms with Gasteiger partial charge in [-0.25, -0.2) is 9.31 Å². The smallest absolute Gasteiger partial charge is 0.328 e. The molecule has 3 rings (SSSR count). The molecule has 100 valence electrons. The van der Waals surface area contributed by atoms with Gasteiger partial charge in [-0.1, -0.05) is 11.3 Å². The first-order valence-electron chi connectivity index (χ1n) is 5.92. The monoisotopic (exact) mass is 269 g/mol. The molecule has 1 aromatic carbocycles. The molecule has 0 aliphatic heterocycles. The van der Waals surface area contributed by atoms with Crippen molar-refractivity contribution in [3.63, 3.8) is 0 Å². The summed E-state index contributed by atoms with van der Waals surface area (Å²) in [4.78, 5) is 10.6.